The van der Waals surface area contributed by atoms with Crippen molar-refractivity contribution in [3.63, 3.8) is 0 Å². The zero-order valence-corrected chi connectivity index (χ0v) is 9.13. The number of nitrogens with zero attached hydrogens (tertiary/aromatic N) is 1. The van der Waals surface area contributed by atoms with Crippen molar-refractivity contribution in [1.82, 2.24) is 4.98 Å². The Kier molecular flexibility index (Phi) is 4.44. The molecule has 4 heteroatoms. The van der Waals surface area contributed by atoms with E-state index >= 15 is 0 Å². The van der Waals surface area contributed by atoms with Crippen molar-refractivity contribution >= 4 is 35.8 Å². The van der Waals surface area contributed by atoms with Gasteiger partial charge >= 0.3 is 0 Å². The SMILES string of the molecule is SCCC#Cc1ncc(Cl)cc1Cl. The maximum Gasteiger partial charge on any atom is 0.131 e. The highest BCUT2D eigenvalue weighted by Gasteiger charge is 1.98. The van der Waals surface area contributed by atoms with Gasteiger partial charge in [0.1, 0.15) is 5.69 Å². The smallest absolute Gasteiger partial charge is 0.131 e. The molecule has 0 spiro atoms. The van der Waals surface area contributed by atoms with Crippen LogP contribution < -0.4 is 0 Å². The Labute approximate surface area is 92.9 Å². The maximum absolute atomic E-state index is 5.84. The molecule has 1 aromatic heterocycles. The Morgan fingerprint density at radius 3 is 2.85 bits per heavy atom. The molecule has 0 bridgehead atoms. The molecule has 1 aromatic rings. The average Bonchev–Trinajstić information content (AvgIpc) is 2.09. The van der Waals surface area contributed by atoms with Gasteiger partial charge in [0.15, 0.2) is 0 Å². The fourth-order valence-corrected chi connectivity index (χ4v) is 1.25. The lowest BCUT2D eigenvalue weighted by molar-refractivity contribution is 1.27. The van der Waals surface area contributed by atoms with E-state index in [1.807, 2.05) is 0 Å². The van der Waals surface area contributed by atoms with E-state index in [-0.39, 0.29) is 0 Å². The van der Waals surface area contributed by atoms with Crippen LogP contribution in [-0.2, 0) is 0 Å². The Morgan fingerprint density at radius 2 is 2.23 bits per heavy atom. The Morgan fingerprint density at radius 1 is 1.46 bits per heavy atom. The summed E-state index contributed by atoms with van der Waals surface area (Å²) in [6, 6.07) is 1.63. The van der Waals surface area contributed by atoms with Crippen LogP contribution in [0.3, 0.4) is 0 Å². The molecule has 68 valence electrons. The van der Waals surface area contributed by atoms with E-state index in [0.29, 0.717) is 15.7 Å². The second-order valence-corrected chi connectivity index (χ2v) is 3.55. The molecule has 0 aliphatic rings. The van der Waals surface area contributed by atoms with Crippen LogP contribution in [0.15, 0.2) is 12.3 Å². The van der Waals surface area contributed by atoms with Crippen molar-refractivity contribution < 1.29 is 0 Å². The number of pyridine rings is 1. The zero-order valence-electron chi connectivity index (χ0n) is 6.72. The van der Waals surface area contributed by atoms with Gasteiger partial charge in [0, 0.05) is 18.4 Å². The Balaban J connectivity index is 2.85. The van der Waals surface area contributed by atoms with Crippen LogP contribution in [0.1, 0.15) is 12.1 Å². The van der Waals surface area contributed by atoms with Crippen molar-refractivity contribution in [3.05, 3.63) is 28.0 Å². The summed E-state index contributed by atoms with van der Waals surface area (Å²) in [7, 11) is 0. The van der Waals surface area contributed by atoms with Crippen molar-refractivity contribution in [2.75, 3.05) is 5.75 Å². The Hall–Kier alpha value is -0.360. The van der Waals surface area contributed by atoms with Gasteiger partial charge in [0.05, 0.1) is 10.0 Å². The first kappa shape index (κ1) is 10.7. The van der Waals surface area contributed by atoms with Gasteiger partial charge < -0.3 is 0 Å². The quantitative estimate of drug-likeness (QED) is 0.580. The van der Waals surface area contributed by atoms with E-state index in [4.69, 9.17) is 23.2 Å². The monoisotopic (exact) mass is 231 g/mol. The number of hydrogen-bond acceptors (Lipinski definition) is 2. The normalized spacial score (nSPS) is 9.15. The summed E-state index contributed by atoms with van der Waals surface area (Å²) in [5.74, 6) is 6.47. The largest absolute Gasteiger partial charge is 0.245 e. The highest BCUT2D eigenvalue weighted by molar-refractivity contribution is 7.80. The summed E-state index contributed by atoms with van der Waals surface area (Å²) < 4.78 is 0. The Bertz CT molecular complexity index is 354. The summed E-state index contributed by atoms with van der Waals surface area (Å²) in [5.41, 5.74) is 0.563. The van der Waals surface area contributed by atoms with Gasteiger partial charge in [-0.25, -0.2) is 4.98 Å². The van der Waals surface area contributed by atoms with Crippen molar-refractivity contribution in [2.45, 2.75) is 6.42 Å². The molecule has 0 N–H and O–H groups in total. The van der Waals surface area contributed by atoms with Gasteiger partial charge in [-0.1, -0.05) is 29.1 Å². The first-order chi connectivity index (χ1) is 6.24. The first-order valence-electron chi connectivity index (χ1n) is 3.65. The topological polar surface area (TPSA) is 12.9 Å². The van der Waals surface area contributed by atoms with Gasteiger partial charge in [-0.05, 0) is 12.0 Å². The molecule has 1 rings (SSSR count). The van der Waals surface area contributed by atoms with Crippen LogP contribution in [0.25, 0.3) is 0 Å². The first-order valence-corrected chi connectivity index (χ1v) is 5.03. The summed E-state index contributed by atoms with van der Waals surface area (Å²) in [5, 5.41) is 1.00. The molecule has 0 fully saturated rings. The molecule has 0 aliphatic carbocycles. The van der Waals surface area contributed by atoms with Gasteiger partial charge in [-0.3, -0.25) is 0 Å². The molecular weight excluding hydrogens is 225 g/mol. The van der Waals surface area contributed by atoms with Crippen LogP contribution in [0.4, 0.5) is 0 Å². The molecular formula is C9H7Cl2NS. The zero-order chi connectivity index (χ0) is 9.68. The van der Waals surface area contributed by atoms with E-state index in [2.05, 4.69) is 29.5 Å². The number of rotatable bonds is 1. The van der Waals surface area contributed by atoms with Crippen LogP contribution in [-0.4, -0.2) is 10.7 Å². The number of hydrogen-bond donors (Lipinski definition) is 1. The number of aromatic nitrogens is 1. The minimum Gasteiger partial charge on any atom is -0.245 e. The summed E-state index contributed by atoms with van der Waals surface area (Å²) in [4.78, 5) is 3.99. The van der Waals surface area contributed by atoms with Crippen molar-refractivity contribution in [1.29, 1.82) is 0 Å². The van der Waals surface area contributed by atoms with Crippen LogP contribution in [0.2, 0.25) is 10.0 Å². The second kappa shape index (κ2) is 5.39. The summed E-state index contributed by atoms with van der Waals surface area (Å²) >= 11 is 15.5. The fourth-order valence-electron chi connectivity index (χ4n) is 0.709. The third-order valence-electron chi connectivity index (χ3n) is 1.25. The second-order valence-electron chi connectivity index (χ2n) is 2.26. The van der Waals surface area contributed by atoms with E-state index in [1.165, 1.54) is 6.20 Å². The van der Waals surface area contributed by atoms with E-state index in [9.17, 15) is 0 Å². The molecule has 0 saturated carbocycles. The van der Waals surface area contributed by atoms with Crippen molar-refractivity contribution in [3.8, 4) is 11.8 Å². The molecule has 0 saturated heterocycles. The highest BCUT2D eigenvalue weighted by atomic mass is 35.5. The van der Waals surface area contributed by atoms with Gasteiger partial charge in [0.2, 0.25) is 0 Å². The predicted octanol–water partition coefficient (Wildman–Crippen LogP) is 3.06. The summed E-state index contributed by atoms with van der Waals surface area (Å²) in [6.07, 6.45) is 2.25. The van der Waals surface area contributed by atoms with Crippen LogP contribution in [0, 0.1) is 11.8 Å². The minimum atomic E-state index is 0.485. The molecule has 1 nitrogen and oxygen atoms in total. The van der Waals surface area contributed by atoms with Crippen LogP contribution in [0.5, 0.6) is 0 Å². The van der Waals surface area contributed by atoms with E-state index in [0.717, 1.165) is 12.2 Å². The molecule has 13 heavy (non-hydrogen) atoms. The van der Waals surface area contributed by atoms with E-state index in [1.54, 1.807) is 6.07 Å². The fraction of sp³-hybridized carbons (Fsp3) is 0.222. The lowest BCUT2D eigenvalue weighted by atomic mass is 10.3. The standard InChI is InChI=1S/C9H7Cl2NS/c10-7-5-8(11)9(12-6-7)3-1-2-4-13/h5-6,13H,2,4H2. The lowest BCUT2D eigenvalue weighted by Gasteiger charge is -1.94. The molecule has 0 radical (unpaired) electrons. The number of thiol groups is 1. The maximum atomic E-state index is 5.84. The third kappa shape index (κ3) is 3.48. The van der Waals surface area contributed by atoms with E-state index < -0.39 is 0 Å². The van der Waals surface area contributed by atoms with Gasteiger partial charge in [0.25, 0.3) is 0 Å². The van der Waals surface area contributed by atoms with Gasteiger partial charge in [-0.15, -0.1) is 0 Å². The molecule has 0 amide bonds. The number of halogens is 2. The molecule has 0 aliphatic heterocycles. The van der Waals surface area contributed by atoms with Gasteiger partial charge in [-0.2, -0.15) is 12.6 Å². The predicted molar refractivity (Wildman–Crippen MR) is 59.6 cm³/mol. The molecule has 0 unspecified atom stereocenters. The molecule has 0 atom stereocenters. The minimum absolute atomic E-state index is 0.485. The summed E-state index contributed by atoms with van der Waals surface area (Å²) in [6.45, 7) is 0. The average molecular weight is 232 g/mol. The lowest BCUT2D eigenvalue weighted by Crippen LogP contribution is -1.83. The third-order valence-corrected chi connectivity index (χ3v) is 1.97. The molecule has 1 heterocycles. The highest BCUT2D eigenvalue weighted by Crippen LogP contribution is 2.17. The molecule has 0 aromatic carbocycles. The van der Waals surface area contributed by atoms with Crippen LogP contribution >= 0.6 is 35.8 Å². The van der Waals surface area contributed by atoms with Crippen molar-refractivity contribution in [2.24, 2.45) is 0 Å².